The summed E-state index contributed by atoms with van der Waals surface area (Å²) in [6, 6.07) is 0. The number of rotatable bonds is 13. The molecule has 0 aromatic carbocycles. The Morgan fingerprint density at radius 2 is 1.00 bits per heavy atom. The van der Waals surface area contributed by atoms with Crippen LogP contribution in [0.25, 0.3) is 0 Å². The van der Waals surface area contributed by atoms with Crippen molar-refractivity contribution in [2.45, 2.75) is 51.9 Å². The van der Waals surface area contributed by atoms with E-state index in [-0.39, 0.29) is 6.42 Å². The van der Waals surface area contributed by atoms with Gasteiger partial charge >= 0.3 is 5.97 Å². The fourth-order valence-corrected chi connectivity index (χ4v) is 1.72. The van der Waals surface area contributed by atoms with E-state index in [4.69, 9.17) is 5.11 Å². The monoisotopic (exact) mass is 314 g/mol. The molecule has 2 nitrogen and oxygen atoms in total. The van der Waals surface area contributed by atoms with Crippen LogP contribution in [0.1, 0.15) is 51.9 Å². The first kappa shape index (κ1) is 20.9. The van der Waals surface area contributed by atoms with Crippen molar-refractivity contribution in [2.24, 2.45) is 0 Å². The largest absolute Gasteiger partial charge is 0.481 e. The zero-order valence-electron chi connectivity index (χ0n) is 14.2. The third-order valence-electron chi connectivity index (χ3n) is 2.95. The Balaban J connectivity index is 3.51. The molecule has 0 aliphatic heterocycles. The molecule has 0 saturated heterocycles. The quantitative estimate of drug-likeness (QED) is 0.413. The summed E-state index contributed by atoms with van der Waals surface area (Å²) in [6.07, 6.45) is 31.1. The summed E-state index contributed by atoms with van der Waals surface area (Å²) in [5, 5.41) is 8.48. The summed E-state index contributed by atoms with van der Waals surface area (Å²) >= 11 is 0. The van der Waals surface area contributed by atoms with E-state index in [2.05, 4.69) is 60.8 Å². The fraction of sp³-hybridized carbons (Fsp3) is 0.381. The van der Waals surface area contributed by atoms with Crippen molar-refractivity contribution in [3.63, 3.8) is 0 Å². The second kappa shape index (κ2) is 18.0. The molecule has 0 fully saturated rings. The number of hydrogen-bond donors (Lipinski definition) is 1. The number of aliphatic carboxylic acids is 1. The van der Waals surface area contributed by atoms with E-state index in [0.29, 0.717) is 6.42 Å². The maximum absolute atomic E-state index is 10.3. The van der Waals surface area contributed by atoms with E-state index < -0.39 is 5.97 Å². The van der Waals surface area contributed by atoms with E-state index in [1.54, 1.807) is 0 Å². The van der Waals surface area contributed by atoms with E-state index in [0.717, 1.165) is 32.1 Å². The van der Waals surface area contributed by atoms with Crippen LogP contribution in [0.5, 0.6) is 0 Å². The summed E-state index contributed by atoms with van der Waals surface area (Å²) in [4.78, 5) is 10.3. The van der Waals surface area contributed by atoms with Gasteiger partial charge in [-0.15, -0.1) is 0 Å². The van der Waals surface area contributed by atoms with Gasteiger partial charge in [-0.1, -0.05) is 72.9 Å². The summed E-state index contributed by atoms with van der Waals surface area (Å²) in [5.74, 6) is -0.742. The Kier molecular flexibility index (Phi) is 16.3. The molecule has 0 unspecified atom stereocenters. The number of hydrogen-bond acceptors (Lipinski definition) is 1. The van der Waals surface area contributed by atoms with Gasteiger partial charge in [0.1, 0.15) is 0 Å². The van der Waals surface area contributed by atoms with E-state index >= 15 is 0 Å². The van der Waals surface area contributed by atoms with Gasteiger partial charge in [-0.2, -0.15) is 0 Å². The van der Waals surface area contributed by atoms with Crippen molar-refractivity contribution in [3.05, 3.63) is 72.9 Å². The Bertz CT molecular complexity index is 448. The average molecular weight is 314 g/mol. The Hall–Kier alpha value is -2.09. The SMILES string of the molecule is C/C=C\C/C=C\C/C=C\C/C=C\C/C=C\C/C=C\CCC(=O)O. The van der Waals surface area contributed by atoms with Crippen molar-refractivity contribution in [1.82, 2.24) is 0 Å². The number of allylic oxidation sites excluding steroid dienone is 12. The van der Waals surface area contributed by atoms with Gasteiger partial charge in [0.25, 0.3) is 0 Å². The lowest BCUT2D eigenvalue weighted by molar-refractivity contribution is -0.136. The summed E-state index contributed by atoms with van der Waals surface area (Å²) in [5.41, 5.74) is 0. The van der Waals surface area contributed by atoms with Crippen molar-refractivity contribution in [2.75, 3.05) is 0 Å². The van der Waals surface area contributed by atoms with Crippen LogP contribution >= 0.6 is 0 Å². The van der Waals surface area contributed by atoms with E-state index in [9.17, 15) is 4.79 Å². The van der Waals surface area contributed by atoms with Gasteiger partial charge in [0.2, 0.25) is 0 Å². The first-order valence-corrected chi connectivity index (χ1v) is 8.35. The molecule has 0 saturated carbocycles. The predicted molar refractivity (Wildman–Crippen MR) is 100 cm³/mol. The molecular weight excluding hydrogens is 284 g/mol. The molecule has 0 aliphatic rings. The lowest BCUT2D eigenvalue weighted by atomic mass is 10.2. The highest BCUT2D eigenvalue weighted by atomic mass is 16.4. The molecule has 0 radical (unpaired) electrons. The normalized spacial score (nSPS) is 13.1. The highest BCUT2D eigenvalue weighted by Gasteiger charge is 1.90. The molecule has 1 N–H and O–H groups in total. The minimum Gasteiger partial charge on any atom is -0.481 e. The van der Waals surface area contributed by atoms with Gasteiger partial charge in [-0.05, 0) is 45.4 Å². The number of carbonyl (C=O) groups is 1. The zero-order valence-corrected chi connectivity index (χ0v) is 14.2. The smallest absolute Gasteiger partial charge is 0.303 e. The topological polar surface area (TPSA) is 37.3 Å². The van der Waals surface area contributed by atoms with Gasteiger partial charge < -0.3 is 5.11 Å². The predicted octanol–water partition coefficient (Wildman–Crippen LogP) is 6.16. The molecule has 0 aromatic heterocycles. The molecule has 0 bridgehead atoms. The standard InChI is InChI=1S/C21H30O2/c1-2-3-4-5-6-7-8-9-10-11-12-13-14-15-16-17-18-19-20-21(22)23/h2-3,5-6,8-9,11-12,14-15,17-18H,4,7,10,13,16,19-20H2,1H3,(H,22,23)/b3-2-,6-5-,9-8-,12-11-,15-14-,18-17-. The third-order valence-corrected chi connectivity index (χ3v) is 2.95. The molecule has 0 heterocycles. The second-order valence-corrected chi connectivity index (χ2v) is 5.04. The maximum atomic E-state index is 10.3. The molecule has 0 aromatic rings. The molecule has 0 atom stereocenters. The van der Waals surface area contributed by atoms with Gasteiger partial charge in [0, 0.05) is 6.42 Å². The minimum absolute atomic E-state index is 0.210. The lowest BCUT2D eigenvalue weighted by Gasteiger charge is -1.87. The average Bonchev–Trinajstić information content (AvgIpc) is 2.53. The first-order valence-electron chi connectivity index (χ1n) is 8.35. The Labute approximate surface area is 141 Å². The summed E-state index contributed by atoms with van der Waals surface area (Å²) in [6.45, 7) is 2.04. The van der Waals surface area contributed by atoms with E-state index in [1.165, 1.54) is 0 Å². The Morgan fingerprint density at radius 3 is 1.35 bits per heavy atom. The first-order chi connectivity index (χ1) is 11.3. The summed E-state index contributed by atoms with van der Waals surface area (Å²) < 4.78 is 0. The zero-order chi connectivity index (χ0) is 17.0. The van der Waals surface area contributed by atoms with Crippen LogP contribution in [0.2, 0.25) is 0 Å². The fourth-order valence-electron chi connectivity index (χ4n) is 1.72. The Morgan fingerprint density at radius 1 is 0.652 bits per heavy atom. The van der Waals surface area contributed by atoms with Gasteiger partial charge in [-0.3, -0.25) is 4.79 Å². The minimum atomic E-state index is -0.742. The molecule has 23 heavy (non-hydrogen) atoms. The van der Waals surface area contributed by atoms with Crippen molar-refractivity contribution in [3.8, 4) is 0 Å². The molecule has 0 spiro atoms. The molecule has 2 heteroatoms. The van der Waals surface area contributed by atoms with Crippen LogP contribution < -0.4 is 0 Å². The third kappa shape index (κ3) is 19.9. The van der Waals surface area contributed by atoms with Crippen LogP contribution in [0, 0.1) is 0 Å². The second-order valence-electron chi connectivity index (χ2n) is 5.04. The molecule has 126 valence electrons. The number of carboxylic acid groups (broad SMARTS) is 1. The molecule has 0 aliphatic carbocycles. The molecule has 0 rings (SSSR count). The highest BCUT2D eigenvalue weighted by molar-refractivity contribution is 5.66. The van der Waals surface area contributed by atoms with Gasteiger partial charge in [0.15, 0.2) is 0 Å². The number of carboxylic acids is 1. The van der Waals surface area contributed by atoms with Crippen LogP contribution in [0.4, 0.5) is 0 Å². The molecule has 0 amide bonds. The van der Waals surface area contributed by atoms with Crippen molar-refractivity contribution < 1.29 is 9.90 Å². The lowest BCUT2D eigenvalue weighted by Crippen LogP contribution is -1.91. The van der Waals surface area contributed by atoms with Crippen molar-refractivity contribution in [1.29, 1.82) is 0 Å². The highest BCUT2D eigenvalue weighted by Crippen LogP contribution is 1.97. The van der Waals surface area contributed by atoms with Crippen LogP contribution in [-0.4, -0.2) is 11.1 Å². The van der Waals surface area contributed by atoms with Gasteiger partial charge in [0.05, 0.1) is 0 Å². The van der Waals surface area contributed by atoms with Gasteiger partial charge in [-0.25, -0.2) is 0 Å². The maximum Gasteiger partial charge on any atom is 0.303 e. The van der Waals surface area contributed by atoms with E-state index in [1.807, 2.05) is 19.1 Å². The summed E-state index contributed by atoms with van der Waals surface area (Å²) in [7, 11) is 0. The van der Waals surface area contributed by atoms with Crippen molar-refractivity contribution >= 4 is 5.97 Å². The molecular formula is C21H30O2. The van der Waals surface area contributed by atoms with Crippen LogP contribution in [0.15, 0.2) is 72.9 Å². The van der Waals surface area contributed by atoms with Crippen LogP contribution in [0.3, 0.4) is 0 Å². The van der Waals surface area contributed by atoms with Crippen LogP contribution in [-0.2, 0) is 4.79 Å².